The molecule has 170 valence electrons. The summed E-state index contributed by atoms with van der Waals surface area (Å²) in [6.07, 6.45) is -9.59. The Balaban J connectivity index is 2.53. The number of sulfonamides is 1. The van der Waals surface area contributed by atoms with E-state index in [-0.39, 0.29) is 11.4 Å². The molecule has 2 aromatic carbocycles. The van der Waals surface area contributed by atoms with Crippen molar-refractivity contribution in [3.05, 3.63) is 54.1 Å². The van der Waals surface area contributed by atoms with Crippen LogP contribution in [0.15, 0.2) is 53.4 Å². The summed E-state index contributed by atoms with van der Waals surface area (Å²) in [5, 5.41) is 1.53. The van der Waals surface area contributed by atoms with E-state index in [0.29, 0.717) is 16.4 Å². The Morgan fingerprint density at radius 3 is 2.26 bits per heavy atom. The van der Waals surface area contributed by atoms with E-state index < -0.39 is 51.8 Å². The first-order valence-corrected chi connectivity index (χ1v) is 9.86. The molecule has 0 saturated heterocycles. The van der Waals surface area contributed by atoms with Gasteiger partial charge >= 0.3 is 12.4 Å². The van der Waals surface area contributed by atoms with Gasteiger partial charge in [0.05, 0.1) is 23.3 Å². The van der Waals surface area contributed by atoms with Gasteiger partial charge in [-0.15, -0.1) is 0 Å². The smallest absolute Gasteiger partial charge is 0.416 e. The Morgan fingerprint density at radius 2 is 1.68 bits per heavy atom. The van der Waals surface area contributed by atoms with Crippen LogP contribution < -0.4 is 14.4 Å². The van der Waals surface area contributed by atoms with E-state index in [0.717, 1.165) is 12.1 Å². The van der Waals surface area contributed by atoms with Crippen molar-refractivity contribution in [2.75, 3.05) is 24.5 Å². The molecule has 2 aromatic rings. The zero-order valence-electron chi connectivity index (χ0n) is 15.8. The van der Waals surface area contributed by atoms with Gasteiger partial charge < -0.3 is 10.1 Å². The highest BCUT2D eigenvalue weighted by atomic mass is 32.2. The van der Waals surface area contributed by atoms with Crippen molar-refractivity contribution in [2.24, 2.45) is 0 Å². The van der Waals surface area contributed by atoms with E-state index in [9.17, 15) is 39.6 Å². The fourth-order valence-electron chi connectivity index (χ4n) is 2.48. The highest BCUT2D eigenvalue weighted by Crippen LogP contribution is 2.34. The maximum Gasteiger partial charge on any atom is 0.416 e. The molecule has 0 heterocycles. The largest absolute Gasteiger partial charge is 0.495 e. The molecule has 0 spiro atoms. The number of hydrogen-bond acceptors (Lipinski definition) is 4. The zero-order valence-corrected chi connectivity index (χ0v) is 16.6. The number of ether oxygens (including phenoxy) is 1. The van der Waals surface area contributed by atoms with Gasteiger partial charge in [0.2, 0.25) is 5.91 Å². The molecule has 0 aliphatic heterocycles. The van der Waals surface area contributed by atoms with Crippen molar-refractivity contribution >= 4 is 21.6 Å². The van der Waals surface area contributed by atoms with E-state index in [1.165, 1.54) is 36.7 Å². The minimum Gasteiger partial charge on any atom is -0.495 e. The Labute approximate surface area is 173 Å². The molecule has 1 amide bonds. The van der Waals surface area contributed by atoms with Crippen molar-refractivity contribution in [2.45, 2.75) is 17.2 Å². The molecule has 0 radical (unpaired) electrons. The molecule has 0 bridgehead atoms. The summed E-state index contributed by atoms with van der Waals surface area (Å²) in [6.45, 7) is -2.84. The van der Waals surface area contributed by atoms with Gasteiger partial charge in [-0.05, 0) is 30.3 Å². The third-order valence-corrected chi connectivity index (χ3v) is 5.63. The average molecular weight is 470 g/mol. The zero-order chi connectivity index (χ0) is 23.4. The average Bonchev–Trinajstić information content (AvgIpc) is 2.69. The molecule has 0 fully saturated rings. The predicted molar refractivity (Wildman–Crippen MR) is 98.0 cm³/mol. The summed E-state index contributed by atoms with van der Waals surface area (Å²) in [5.41, 5.74) is -1.50. The number of anilines is 1. The van der Waals surface area contributed by atoms with E-state index in [1.807, 2.05) is 0 Å². The van der Waals surface area contributed by atoms with Crippen molar-refractivity contribution in [3.63, 3.8) is 0 Å². The van der Waals surface area contributed by atoms with E-state index in [4.69, 9.17) is 4.74 Å². The van der Waals surface area contributed by atoms with Crippen LogP contribution in [0.4, 0.5) is 32.0 Å². The van der Waals surface area contributed by atoms with Crippen LogP contribution in [0.5, 0.6) is 5.75 Å². The molecule has 0 aliphatic rings. The van der Waals surface area contributed by atoms with Crippen LogP contribution in [0, 0.1) is 0 Å². The summed E-state index contributed by atoms with van der Waals surface area (Å²) >= 11 is 0. The minimum atomic E-state index is -4.84. The molecule has 2 rings (SSSR count). The predicted octanol–water partition coefficient (Wildman–Crippen LogP) is 3.59. The number of nitrogens with zero attached hydrogens (tertiary/aromatic N) is 1. The molecule has 31 heavy (non-hydrogen) atoms. The van der Waals surface area contributed by atoms with Crippen LogP contribution in [0.2, 0.25) is 0 Å². The second kappa shape index (κ2) is 9.04. The molecule has 1 N–H and O–H groups in total. The van der Waals surface area contributed by atoms with Gasteiger partial charge in [-0.3, -0.25) is 9.10 Å². The van der Waals surface area contributed by atoms with E-state index in [2.05, 4.69) is 0 Å². The quantitative estimate of drug-likeness (QED) is 0.628. The molecule has 13 heteroatoms. The lowest BCUT2D eigenvalue weighted by atomic mass is 10.2. The number of nitrogens with one attached hydrogen (secondary N) is 1. The van der Waals surface area contributed by atoms with Crippen LogP contribution in [0.25, 0.3) is 0 Å². The fraction of sp³-hybridized carbons (Fsp3) is 0.278. The number of rotatable bonds is 7. The lowest BCUT2D eigenvalue weighted by Gasteiger charge is -2.26. The topological polar surface area (TPSA) is 75.7 Å². The molecule has 0 atom stereocenters. The molecule has 0 saturated carbocycles. The molecule has 6 nitrogen and oxygen atoms in total. The van der Waals surface area contributed by atoms with Crippen LogP contribution in [-0.4, -0.2) is 40.7 Å². The summed E-state index contributed by atoms with van der Waals surface area (Å²) in [4.78, 5) is 11.2. The number of methoxy groups -OCH3 is 1. The van der Waals surface area contributed by atoms with Gasteiger partial charge in [-0.2, -0.15) is 26.3 Å². The maximum atomic E-state index is 13.1. The lowest BCUT2D eigenvalue weighted by molar-refractivity contribution is -0.137. The van der Waals surface area contributed by atoms with Gasteiger partial charge in [0.25, 0.3) is 10.0 Å². The van der Waals surface area contributed by atoms with Crippen molar-refractivity contribution in [3.8, 4) is 5.75 Å². The standard InChI is InChI=1S/C18H16F6N2O4S/c1-30-15-8-3-2-7-14(15)26(10-16(27)25-11-17(19,20)21)31(28,29)13-6-4-5-12(9-13)18(22,23)24/h2-9H,10-11H2,1H3,(H,25,27). The number of alkyl halides is 6. The number of carbonyl (C=O) groups is 1. The first kappa shape index (κ1) is 24.3. The third-order valence-electron chi connectivity index (χ3n) is 3.88. The van der Waals surface area contributed by atoms with E-state index in [1.54, 1.807) is 0 Å². The minimum absolute atomic E-state index is 0.0679. The third kappa shape index (κ3) is 6.26. The van der Waals surface area contributed by atoms with Gasteiger partial charge in [-0.25, -0.2) is 8.42 Å². The molecule has 0 aliphatic carbocycles. The Hall–Kier alpha value is -2.96. The highest BCUT2D eigenvalue weighted by molar-refractivity contribution is 7.92. The fourth-order valence-corrected chi connectivity index (χ4v) is 3.96. The van der Waals surface area contributed by atoms with Crippen molar-refractivity contribution in [1.82, 2.24) is 5.32 Å². The molecule has 0 aromatic heterocycles. The first-order valence-electron chi connectivity index (χ1n) is 8.42. The molecular weight excluding hydrogens is 454 g/mol. The van der Waals surface area contributed by atoms with Gasteiger partial charge in [0, 0.05) is 0 Å². The normalized spacial score (nSPS) is 12.4. The Kier molecular flexibility index (Phi) is 7.09. The summed E-state index contributed by atoms with van der Waals surface area (Å²) < 4.78 is 108. The van der Waals surface area contributed by atoms with Gasteiger partial charge in [0.15, 0.2) is 0 Å². The number of amides is 1. The Bertz CT molecular complexity index is 1040. The molecular formula is C18H16F6N2O4S. The number of carbonyl (C=O) groups excluding carboxylic acids is 1. The Morgan fingerprint density at radius 1 is 1.03 bits per heavy atom. The van der Waals surface area contributed by atoms with E-state index >= 15 is 0 Å². The monoisotopic (exact) mass is 470 g/mol. The van der Waals surface area contributed by atoms with Gasteiger partial charge in [0.1, 0.15) is 18.8 Å². The van der Waals surface area contributed by atoms with Crippen molar-refractivity contribution in [1.29, 1.82) is 0 Å². The second-order valence-electron chi connectivity index (χ2n) is 6.10. The lowest BCUT2D eigenvalue weighted by Crippen LogP contribution is -2.43. The highest BCUT2D eigenvalue weighted by Gasteiger charge is 2.35. The van der Waals surface area contributed by atoms with Crippen molar-refractivity contribution < 1.29 is 44.3 Å². The number of benzene rings is 2. The van der Waals surface area contributed by atoms with Gasteiger partial charge in [-0.1, -0.05) is 18.2 Å². The number of para-hydroxylation sites is 2. The second-order valence-corrected chi connectivity index (χ2v) is 7.96. The summed E-state index contributed by atoms with van der Waals surface area (Å²) in [7, 11) is -3.63. The summed E-state index contributed by atoms with van der Waals surface area (Å²) in [6, 6.07) is 8.09. The van der Waals surface area contributed by atoms with Crippen LogP contribution in [-0.2, 0) is 21.0 Å². The van der Waals surface area contributed by atoms with Crippen LogP contribution >= 0.6 is 0 Å². The van der Waals surface area contributed by atoms with Crippen LogP contribution in [0.1, 0.15) is 5.56 Å². The number of halogens is 6. The number of hydrogen-bond donors (Lipinski definition) is 1. The maximum absolute atomic E-state index is 13.1. The molecule has 0 unspecified atom stereocenters. The summed E-state index contributed by atoms with van der Waals surface area (Å²) in [5.74, 6) is -1.39. The first-order chi connectivity index (χ1) is 14.3. The SMILES string of the molecule is COc1ccccc1N(CC(=O)NCC(F)(F)F)S(=O)(=O)c1cccc(C(F)(F)F)c1. The van der Waals surface area contributed by atoms with Crippen LogP contribution in [0.3, 0.4) is 0 Å².